The molecule has 116 valence electrons. The van der Waals surface area contributed by atoms with Gasteiger partial charge in [-0.05, 0) is 12.8 Å². The molecule has 0 radical (unpaired) electrons. The molecule has 0 aromatic carbocycles. The highest BCUT2D eigenvalue weighted by atomic mass is 16.5. The van der Waals surface area contributed by atoms with Crippen LogP contribution < -0.4 is 14.4 Å². The first-order valence-corrected chi connectivity index (χ1v) is 7.15. The van der Waals surface area contributed by atoms with E-state index in [1.54, 1.807) is 12.4 Å². The Morgan fingerprint density at radius 2 is 1.86 bits per heavy atom. The van der Waals surface area contributed by atoms with E-state index in [0.717, 1.165) is 31.6 Å². The summed E-state index contributed by atoms with van der Waals surface area (Å²) >= 11 is 0. The first-order chi connectivity index (χ1) is 10.8. The molecule has 1 aliphatic heterocycles. The predicted molar refractivity (Wildman–Crippen MR) is 79.2 cm³/mol. The molecule has 0 spiro atoms. The lowest BCUT2D eigenvalue weighted by Crippen LogP contribution is -2.36. The molecule has 8 nitrogen and oxygen atoms in total. The summed E-state index contributed by atoms with van der Waals surface area (Å²) in [5.41, 5.74) is 1.00. The van der Waals surface area contributed by atoms with E-state index in [4.69, 9.17) is 9.47 Å². The number of aromatic nitrogens is 5. The Morgan fingerprint density at radius 3 is 2.50 bits per heavy atom. The fourth-order valence-electron chi connectivity index (χ4n) is 2.57. The molecule has 1 aliphatic rings. The summed E-state index contributed by atoms with van der Waals surface area (Å²) in [6.45, 7) is 1.67. The monoisotopic (exact) mass is 302 g/mol. The van der Waals surface area contributed by atoms with Crippen LogP contribution in [0.3, 0.4) is 0 Å². The molecule has 3 heterocycles. The third kappa shape index (κ3) is 3.05. The van der Waals surface area contributed by atoms with Crippen molar-refractivity contribution in [3.8, 4) is 12.0 Å². The van der Waals surface area contributed by atoms with Gasteiger partial charge < -0.3 is 14.4 Å². The molecule has 2 aromatic heterocycles. The predicted octanol–water partition coefficient (Wildman–Crippen LogP) is 1.06. The van der Waals surface area contributed by atoms with E-state index < -0.39 is 0 Å². The Labute approximate surface area is 128 Å². The summed E-state index contributed by atoms with van der Waals surface area (Å²) in [5.74, 6) is 0.883. The van der Waals surface area contributed by atoms with Crippen LogP contribution in [0.1, 0.15) is 24.5 Å². The van der Waals surface area contributed by atoms with E-state index in [9.17, 15) is 0 Å². The Kier molecular flexibility index (Phi) is 4.27. The number of hydrogen-bond acceptors (Lipinski definition) is 8. The Balaban J connectivity index is 1.82. The number of anilines is 1. The Morgan fingerprint density at radius 1 is 1.09 bits per heavy atom. The maximum atomic E-state index is 5.11. The molecular formula is C14H18N6O2. The zero-order valence-electron chi connectivity index (χ0n) is 12.6. The molecule has 1 fully saturated rings. The average Bonchev–Trinajstić information content (AvgIpc) is 2.62. The quantitative estimate of drug-likeness (QED) is 0.828. The maximum absolute atomic E-state index is 5.11. The molecule has 0 amide bonds. The van der Waals surface area contributed by atoms with Crippen LogP contribution in [0.4, 0.5) is 5.95 Å². The number of ether oxygens (including phenoxy) is 2. The first-order valence-electron chi connectivity index (χ1n) is 7.15. The van der Waals surface area contributed by atoms with E-state index in [0.29, 0.717) is 11.9 Å². The van der Waals surface area contributed by atoms with Gasteiger partial charge in [0.1, 0.15) is 0 Å². The minimum absolute atomic E-state index is 0.253. The van der Waals surface area contributed by atoms with Gasteiger partial charge in [0.05, 0.1) is 19.9 Å². The van der Waals surface area contributed by atoms with Gasteiger partial charge in [-0.3, -0.25) is 9.97 Å². The molecule has 0 aliphatic carbocycles. The van der Waals surface area contributed by atoms with Crippen molar-refractivity contribution in [3.63, 3.8) is 0 Å². The highest BCUT2D eigenvalue weighted by molar-refractivity contribution is 5.34. The van der Waals surface area contributed by atoms with Crippen molar-refractivity contribution >= 4 is 5.95 Å². The van der Waals surface area contributed by atoms with Crippen LogP contribution in [0.25, 0.3) is 0 Å². The average molecular weight is 302 g/mol. The zero-order chi connectivity index (χ0) is 15.4. The number of piperidine rings is 1. The normalized spacial score (nSPS) is 18.1. The largest absolute Gasteiger partial charge is 0.467 e. The molecule has 1 saturated heterocycles. The van der Waals surface area contributed by atoms with Gasteiger partial charge in [0.2, 0.25) is 5.95 Å². The number of methoxy groups -OCH3 is 2. The summed E-state index contributed by atoms with van der Waals surface area (Å²) in [7, 11) is 3.05. The van der Waals surface area contributed by atoms with Gasteiger partial charge >= 0.3 is 12.0 Å². The van der Waals surface area contributed by atoms with Crippen molar-refractivity contribution in [3.05, 3.63) is 24.3 Å². The fourth-order valence-corrected chi connectivity index (χ4v) is 2.57. The zero-order valence-corrected chi connectivity index (χ0v) is 12.6. The molecule has 3 rings (SSSR count). The van der Waals surface area contributed by atoms with Gasteiger partial charge in [0, 0.05) is 37.6 Å². The van der Waals surface area contributed by atoms with Crippen LogP contribution in [-0.2, 0) is 0 Å². The number of nitrogens with zero attached hydrogens (tertiary/aromatic N) is 6. The van der Waals surface area contributed by atoms with Crippen molar-refractivity contribution in [2.45, 2.75) is 18.8 Å². The van der Waals surface area contributed by atoms with Crippen LogP contribution in [0.15, 0.2) is 18.6 Å². The van der Waals surface area contributed by atoms with Crippen molar-refractivity contribution in [1.82, 2.24) is 24.9 Å². The smallest absolute Gasteiger partial charge is 0.324 e. The summed E-state index contributed by atoms with van der Waals surface area (Å²) in [5, 5.41) is 0. The second-order valence-corrected chi connectivity index (χ2v) is 5.02. The standard InChI is InChI=1S/C14H18N6O2/c1-21-13-17-12(18-14(19-13)22-2)20-7-3-4-10(9-20)11-8-15-5-6-16-11/h5-6,8,10H,3-4,7,9H2,1-2H3. The van der Waals surface area contributed by atoms with Gasteiger partial charge in [-0.1, -0.05) is 0 Å². The van der Waals surface area contributed by atoms with Crippen LogP contribution in [0.2, 0.25) is 0 Å². The molecule has 0 bridgehead atoms. The third-order valence-corrected chi connectivity index (χ3v) is 3.65. The lowest BCUT2D eigenvalue weighted by Gasteiger charge is -2.32. The third-order valence-electron chi connectivity index (χ3n) is 3.65. The van der Waals surface area contributed by atoms with Gasteiger partial charge in [0.15, 0.2) is 0 Å². The highest BCUT2D eigenvalue weighted by Gasteiger charge is 2.25. The summed E-state index contributed by atoms with van der Waals surface area (Å²) < 4.78 is 10.2. The van der Waals surface area contributed by atoms with Crippen LogP contribution in [-0.4, -0.2) is 52.2 Å². The molecule has 1 atom stereocenters. The van der Waals surface area contributed by atoms with Crippen LogP contribution in [0.5, 0.6) is 12.0 Å². The summed E-state index contributed by atoms with van der Waals surface area (Å²) in [6, 6.07) is 0.506. The molecule has 0 N–H and O–H groups in total. The second-order valence-electron chi connectivity index (χ2n) is 5.02. The second kappa shape index (κ2) is 6.50. The van der Waals surface area contributed by atoms with Crippen molar-refractivity contribution in [2.24, 2.45) is 0 Å². The van der Waals surface area contributed by atoms with E-state index in [-0.39, 0.29) is 12.0 Å². The van der Waals surface area contributed by atoms with E-state index in [1.807, 2.05) is 6.20 Å². The molecular weight excluding hydrogens is 284 g/mol. The van der Waals surface area contributed by atoms with Gasteiger partial charge in [-0.25, -0.2) is 0 Å². The lowest BCUT2D eigenvalue weighted by atomic mass is 9.95. The lowest BCUT2D eigenvalue weighted by molar-refractivity contribution is 0.338. The number of hydrogen-bond donors (Lipinski definition) is 0. The first kappa shape index (κ1) is 14.4. The minimum atomic E-state index is 0.253. The topological polar surface area (TPSA) is 86.2 Å². The minimum Gasteiger partial charge on any atom is -0.467 e. The Hall–Kier alpha value is -2.51. The van der Waals surface area contributed by atoms with E-state index >= 15 is 0 Å². The highest BCUT2D eigenvalue weighted by Crippen LogP contribution is 2.28. The van der Waals surface area contributed by atoms with Crippen molar-refractivity contribution < 1.29 is 9.47 Å². The van der Waals surface area contributed by atoms with Crippen LogP contribution in [0, 0.1) is 0 Å². The molecule has 2 aromatic rings. The molecule has 0 saturated carbocycles. The van der Waals surface area contributed by atoms with Gasteiger partial charge in [-0.2, -0.15) is 9.97 Å². The van der Waals surface area contributed by atoms with Crippen molar-refractivity contribution in [1.29, 1.82) is 0 Å². The number of rotatable bonds is 4. The molecule has 1 unspecified atom stereocenters. The summed E-state index contributed by atoms with van der Waals surface area (Å²) in [6.07, 6.45) is 7.35. The molecule has 8 heteroatoms. The van der Waals surface area contributed by atoms with Gasteiger partial charge in [0.25, 0.3) is 0 Å². The SMILES string of the molecule is COc1nc(OC)nc(N2CCCC(c3cnccn3)C2)n1. The fraction of sp³-hybridized carbons (Fsp3) is 0.500. The van der Waals surface area contributed by atoms with Crippen molar-refractivity contribution in [2.75, 3.05) is 32.2 Å². The maximum Gasteiger partial charge on any atom is 0.324 e. The molecule has 22 heavy (non-hydrogen) atoms. The van der Waals surface area contributed by atoms with Crippen LogP contribution >= 0.6 is 0 Å². The Bertz CT molecular complexity index is 602. The van der Waals surface area contributed by atoms with E-state index in [1.165, 1.54) is 14.2 Å². The van der Waals surface area contributed by atoms with E-state index in [2.05, 4.69) is 29.8 Å². The summed E-state index contributed by atoms with van der Waals surface area (Å²) in [4.78, 5) is 23.3. The van der Waals surface area contributed by atoms with Gasteiger partial charge in [-0.15, -0.1) is 4.98 Å².